The van der Waals surface area contributed by atoms with E-state index in [0.717, 1.165) is 19.1 Å². The minimum absolute atomic E-state index is 0.0322. The molecule has 2 heterocycles. The van der Waals surface area contributed by atoms with Gasteiger partial charge in [-0.15, -0.1) is 11.3 Å². The summed E-state index contributed by atoms with van der Waals surface area (Å²) in [7, 11) is -3.40. The van der Waals surface area contributed by atoms with Crippen molar-refractivity contribution >= 4 is 38.9 Å². The third-order valence-electron chi connectivity index (χ3n) is 4.58. The molecular formula is C19H23N3O4S2. The van der Waals surface area contributed by atoms with Gasteiger partial charge in [0.15, 0.2) is 0 Å². The van der Waals surface area contributed by atoms with Gasteiger partial charge in [-0.3, -0.25) is 14.3 Å². The second-order valence-corrected chi connectivity index (χ2v) is 9.51. The van der Waals surface area contributed by atoms with E-state index in [1.54, 1.807) is 35.2 Å². The van der Waals surface area contributed by atoms with Crippen LogP contribution in [-0.2, 0) is 21.4 Å². The van der Waals surface area contributed by atoms with Crippen LogP contribution in [0.5, 0.6) is 0 Å². The van der Waals surface area contributed by atoms with Gasteiger partial charge < -0.3 is 10.2 Å². The van der Waals surface area contributed by atoms with E-state index >= 15 is 0 Å². The number of anilines is 1. The van der Waals surface area contributed by atoms with Crippen molar-refractivity contribution in [3.05, 3.63) is 52.2 Å². The molecule has 1 aromatic carbocycles. The molecule has 150 valence electrons. The number of likely N-dealkylation sites (tertiary alicyclic amines) is 1. The van der Waals surface area contributed by atoms with E-state index in [-0.39, 0.29) is 24.3 Å². The van der Waals surface area contributed by atoms with E-state index in [0.29, 0.717) is 29.2 Å². The van der Waals surface area contributed by atoms with E-state index in [1.807, 2.05) is 11.4 Å². The van der Waals surface area contributed by atoms with Crippen LogP contribution in [-0.4, -0.2) is 44.5 Å². The Morgan fingerprint density at radius 2 is 2.00 bits per heavy atom. The second-order valence-electron chi connectivity index (χ2n) is 6.82. The van der Waals surface area contributed by atoms with Gasteiger partial charge in [-0.05, 0) is 35.9 Å². The first-order chi connectivity index (χ1) is 13.3. The summed E-state index contributed by atoms with van der Waals surface area (Å²) >= 11 is 1.40. The first kappa shape index (κ1) is 20.3. The summed E-state index contributed by atoms with van der Waals surface area (Å²) in [6.07, 6.45) is 2.59. The van der Waals surface area contributed by atoms with Gasteiger partial charge in [0, 0.05) is 19.6 Å². The molecule has 0 bridgehead atoms. The molecule has 9 heteroatoms. The molecule has 2 N–H and O–H groups in total. The molecule has 3 rings (SSSR count). The number of nitrogens with one attached hydrogen (secondary N) is 2. The van der Waals surface area contributed by atoms with Crippen LogP contribution >= 0.6 is 11.3 Å². The summed E-state index contributed by atoms with van der Waals surface area (Å²) in [6.45, 7) is 1.26. The van der Waals surface area contributed by atoms with Crippen molar-refractivity contribution < 1.29 is 18.0 Å². The summed E-state index contributed by atoms with van der Waals surface area (Å²) in [5, 5.41) is 4.74. The molecular weight excluding hydrogens is 398 g/mol. The number of carbonyl (C=O) groups excluding carboxylic acids is 2. The summed E-state index contributed by atoms with van der Waals surface area (Å²) in [5.41, 5.74) is 1.13. The van der Waals surface area contributed by atoms with Crippen molar-refractivity contribution in [1.82, 2.24) is 10.2 Å². The Hall–Kier alpha value is -2.39. The number of para-hydroxylation sites is 1. The number of amides is 2. The predicted molar refractivity (Wildman–Crippen MR) is 110 cm³/mol. The zero-order valence-electron chi connectivity index (χ0n) is 15.6. The lowest BCUT2D eigenvalue weighted by atomic mass is 9.97. The quantitative estimate of drug-likeness (QED) is 0.748. The van der Waals surface area contributed by atoms with Crippen LogP contribution in [0.4, 0.5) is 5.69 Å². The average Bonchev–Trinajstić information content (AvgIpc) is 3.20. The third-order valence-corrected chi connectivity index (χ3v) is 6.03. The number of nitrogens with zero attached hydrogens (tertiary/aromatic N) is 1. The van der Waals surface area contributed by atoms with Crippen LogP contribution in [0.2, 0.25) is 0 Å². The van der Waals surface area contributed by atoms with Gasteiger partial charge in [0.25, 0.3) is 5.91 Å². The van der Waals surface area contributed by atoms with Gasteiger partial charge >= 0.3 is 0 Å². The molecule has 28 heavy (non-hydrogen) atoms. The van der Waals surface area contributed by atoms with Crippen molar-refractivity contribution in [2.24, 2.45) is 5.92 Å². The van der Waals surface area contributed by atoms with Gasteiger partial charge in [-0.25, -0.2) is 8.42 Å². The molecule has 1 atom stereocenters. The van der Waals surface area contributed by atoms with Crippen molar-refractivity contribution in [2.45, 2.75) is 19.4 Å². The molecule has 1 saturated heterocycles. The van der Waals surface area contributed by atoms with Crippen molar-refractivity contribution in [2.75, 3.05) is 24.1 Å². The van der Waals surface area contributed by atoms with E-state index in [4.69, 9.17) is 0 Å². The highest BCUT2D eigenvalue weighted by Crippen LogP contribution is 2.21. The number of hydrogen-bond donors (Lipinski definition) is 2. The SMILES string of the molecule is CS(=O)(=O)Nc1ccccc1CNC(=O)C1CCCN(C(=O)c2cccs2)C1. The Morgan fingerprint density at radius 1 is 1.21 bits per heavy atom. The first-order valence-corrected chi connectivity index (χ1v) is 11.8. The molecule has 0 radical (unpaired) electrons. The van der Waals surface area contributed by atoms with Crippen molar-refractivity contribution in [1.29, 1.82) is 0 Å². The molecule has 0 spiro atoms. The highest BCUT2D eigenvalue weighted by molar-refractivity contribution is 7.92. The number of hydrogen-bond acceptors (Lipinski definition) is 5. The normalized spacial score (nSPS) is 17.2. The molecule has 2 aromatic rings. The lowest BCUT2D eigenvalue weighted by molar-refractivity contribution is -0.126. The summed E-state index contributed by atoms with van der Waals surface area (Å²) < 4.78 is 25.5. The Labute approximate surface area is 168 Å². The average molecular weight is 422 g/mol. The fraction of sp³-hybridized carbons (Fsp3) is 0.368. The standard InChI is InChI=1S/C19H23N3O4S2/c1-28(25,26)21-16-8-3-2-6-14(16)12-20-18(23)15-7-4-10-22(13-15)19(24)17-9-5-11-27-17/h2-3,5-6,8-9,11,15,21H,4,7,10,12-13H2,1H3,(H,20,23). The molecule has 2 amide bonds. The van der Waals surface area contributed by atoms with Gasteiger partial charge in [-0.2, -0.15) is 0 Å². The van der Waals surface area contributed by atoms with Crippen LogP contribution in [0.15, 0.2) is 41.8 Å². The fourth-order valence-corrected chi connectivity index (χ4v) is 4.52. The van der Waals surface area contributed by atoms with Gasteiger partial charge in [0.1, 0.15) is 0 Å². The first-order valence-electron chi connectivity index (χ1n) is 8.99. The molecule has 1 aliphatic heterocycles. The number of carbonyl (C=O) groups is 2. The number of sulfonamides is 1. The summed E-state index contributed by atoms with van der Waals surface area (Å²) in [6, 6.07) is 10.6. The Morgan fingerprint density at radius 3 is 2.71 bits per heavy atom. The predicted octanol–water partition coefficient (Wildman–Crippen LogP) is 2.29. The lowest BCUT2D eigenvalue weighted by Crippen LogP contribution is -2.45. The Bertz CT molecular complexity index is 942. The maximum Gasteiger partial charge on any atom is 0.263 e. The molecule has 7 nitrogen and oxygen atoms in total. The number of benzene rings is 1. The van der Waals surface area contributed by atoms with E-state index in [9.17, 15) is 18.0 Å². The fourth-order valence-electron chi connectivity index (χ4n) is 3.23. The Balaban J connectivity index is 1.60. The van der Waals surface area contributed by atoms with Crippen molar-refractivity contribution in [3.8, 4) is 0 Å². The molecule has 1 aromatic heterocycles. The summed E-state index contributed by atoms with van der Waals surface area (Å²) in [5.74, 6) is -0.430. The molecule has 0 aliphatic carbocycles. The minimum Gasteiger partial charge on any atom is -0.352 e. The zero-order valence-corrected chi connectivity index (χ0v) is 17.2. The monoisotopic (exact) mass is 421 g/mol. The van der Waals surface area contributed by atoms with E-state index in [1.165, 1.54) is 11.3 Å². The zero-order chi connectivity index (χ0) is 20.1. The van der Waals surface area contributed by atoms with Gasteiger partial charge in [0.2, 0.25) is 15.9 Å². The maximum atomic E-state index is 12.6. The lowest BCUT2D eigenvalue weighted by Gasteiger charge is -2.31. The summed E-state index contributed by atoms with van der Waals surface area (Å²) in [4.78, 5) is 27.6. The van der Waals surface area contributed by atoms with Crippen molar-refractivity contribution in [3.63, 3.8) is 0 Å². The van der Waals surface area contributed by atoms with Gasteiger partial charge in [0.05, 0.1) is 22.7 Å². The maximum absolute atomic E-state index is 12.6. The minimum atomic E-state index is -3.40. The van der Waals surface area contributed by atoms with Gasteiger partial charge in [-0.1, -0.05) is 24.3 Å². The smallest absolute Gasteiger partial charge is 0.263 e. The molecule has 1 unspecified atom stereocenters. The number of piperidine rings is 1. The van der Waals surface area contributed by atoms with Crippen LogP contribution in [0.1, 0.15) is 28.1 Å². The largest absolute Gasteiger partial charge is 0.352 e. The number of rotatable bonds is 6. The highest BCUT2D eigenvalue weighted by Gasteiger charge is 2.29. The van der Waals surface area contributed by atoms with E-state index in [2.05, 4.69) is 10.0 Å². The molecule has 1 fully saturated rings. The second kappa shape index (κ2) is 8.74. The highest BCUT2D eigenvalue weighted by atomic mass is 32.2. The molecule has 1 aliphatic rings. The van der Waals surface area contributed by atoms with E-state index < -0.39 is 10.0 Å². The Kier molecular flexibility index (Phi) is 6.35. The van der Waals surface area contributed by atoms with Crippen LogP contribution < -0.4 is 10.0 Å². The van der Waals surface area contributed by atoms with Crippen LogP contribution in [0, 0.1) is 5.92 Å². The topological polar surface area (TPSA) is 95.6 Å². The van der Waals surface area contributed by atoms with Crippen LogP contribution in [0.3, 0.4) is 0 Å². The molecule has 0 saturated carbocycles. The van der Waals surface area contributed by atoms with Crippen LogP contribution in [0.25, 0.3) is 0 Å². The number of thiophene rings is 1. The third kappa shape index (κ3) is 5.32.